The summed E-state index contributed by atoms with van der Waals surface area (Å²) in [5.41, 5.74) is 6.80. The highest BCUT2D eigenvalue weighted by Crippen LogP contribution is 2.31. The molecule has 0 amide bonds. The molecule has 82 valence electrons. The van der Waals surface area contributed by atoms with Crippen LogP contribution in [-0.4, -0.2) is 15.0 Å². The standard InChI is InChI=1S/C10H11N5S/c11-8-4-5-12-9(14-8)15-10-13-6-2-1-3-7(6)16-10/h4-5H,1-3H2,(H3,11,12,13,14,15). The van der Waals surface area contributed by atoms with Gasteiger partial charge in [0.1, 0.15) is 5.82 Å². The Labute approximate surface area is 96.8 Å². The van der Waals surface area contributed by atoms with Gasteiger partial charge in [0.25, 0.3) is 0 Å². The maximum absolute atomic E-state index is 5.58. The Balaban J connectivity index is 1.83. The highest BCUT2D eigenvalue weighted by Gasteiger charge is 2.16. The van der Waals surface area contributed by atoms with Gasteiger partial charge in [-0.3, -0.25) is 5.32 Å². The van der Waals surface area contributed by atoms with E-state index in [0.717, 1.165) is 18.0 Å². The number of aromatic nitrogens is 3. The van der Waals surface area contributed by atoms with Crippen molar-refractivity contribution < 1.29 is 0 Å². The molecule has 3 rings (SSSR count). The Morgan fingerprint density at radius 1 is 1.31 bits per heavy atom. The first kappa shape index (κ1) is 9.53. The Morgan fingerprint density at radius 2 is 2.25 bits per heavy atom. The van der Waals surface area contributed by atoms with Crippen molar-refractivity contribution in [2.24, 2.45) is 0 Å². The second-order valence-corrected chi connectivity index (χ2v) is 4.76. The lowest BCUT2D eigenvalue weighted by Gasteiger charge is -2.00. The minimum Gasteiger partial charge on any atom is -0.384 e. The van der Waals surface area contributed by atoms with Gasteiger partial charge in [0.2, 0.25) is 5.95 Å². The fraction of sp³-hybridized carbons (Fsp3) is 0.300. The van der Waals surface area contributed by atoms with E-state index >= 15 is 0 Å². The summed E-state index contributed by atoms with van der Waals surface area (Å²) >= 11 is 1.68. The van der Waals surface area contributed by atoms with Gasteiger partial charge in [-0.1, -0.05) is 0 Å². The SMILES string of the molecule is Nc1ccnc(Nc2nc3c(s2)CCC3)n1. The van der Waals surface area contributed by atoms with E-state index in [4.69, 9.17) is 5.73 Å². The summed E-state index contributed by atoms with van der Waals surface area (Å²) in [6, 6.07) is 1.66. The predicted octanol–water partition coefficient (Wildman–Crippen LogP) is 1.75. The number of nitrogens with one attached hydrogen (secondary N) is 1. The van der Waals surface area contributed by atoms with Crippen LogP contribution in [0.4, 0.5) is 16.9 Å². The largest absolute Gasteiger partial charge is 0.384 e. The number of aryl methyl sites for hydroxylation is 2. The molecular formula is C10H11N5S. The van der Waals surface area contributed by atoms with Crippen LogP contribution >= 0.6 is 11.3 Å². The van der Waals surface area contributed by atoms with E-state index in [1.807, 2.05) is 0 Å². The van der Waals surface area contributed by atoms with Crippen LogP contribution < -0.4 is 11.1 Å². The van der Waals surface area contributed by atoms with Crippen molar-refractivity contribution in [2.45, 2.75) is 19.3 Å². The molecule has 1 aliphatic carbocycles. The van der Waals surface area contributed by atoms with Crippen LogP contribution in [0.15, 0.2) is 12.3 Å². The molecule has 2 heterocycles. The van der Waals surface area contributed by atoms with Gasteiger partial charge in [-0.05, 0) is 25.3 Å². The maximum Gasteiger partial charge on any atom is 0.230 e. The lowest BCUT2D eigenvalue weighted by molar-refractivity contribution is 0.900. The Bertz CT molecular complexity index is 500. The fourth-order valence-electron chi connectivity index (χ4n) is 1.77. The Kier molecular flexibility index (Phi) is 2.21. The molecule has 0 unspecified atom stereocenters. The van der Waals surface area contributed by atoms with Crippen LogP contribution in [0.5, 0.6) is 0 Å². The number of nitrogens with two attached hydrogens (primary N) is 1. The van der Waals surface area contributed by atoms with Gasteiger partial charge in [-0.15, -0.1) is 11.3 Å². The zero-order valence-corrected chi connectivity index (χ0v) is 9.42. The monoisotopic (exact) mass is 233 g/mol. The molecule has 0 fully saturated rings. The molecule has 0 saturated heterocycles. The maximum atomic E-state index is 5.58. The first-order chi connectivity index (χ1) is 7.81. The lowest BCUT2D eigenvalue weighted by Crippen LogP contribution is -1.99. The normalized spacial score (nSPS) is 13.8. The number of anilines is 3. The summed E-state index contributed by atoms with van der Waals surface area (Å²) < 4.78 is 0. The molecule has 2 aromatic heterocycles. The summed E-state index contributed by atoms with van der Waals surface area (Å²) in [7, 11) is 0. The van der Waals surface area contributed by atoms with Gasteiger partial charge < -0.3 is 5.73 Å². The number of nitrogens with zero attached hydrogens (tertiary/aromatic N) is 3. The third-order valence-electron chi connectivity index (χ3n) is 2.49. The zero-order valence-electron chi connectivity index (χ0n) is 8.60. The van der Waals surface area contributed by atoms with Gasteiger partial charge in [-0.2, -0.15) is 4.98 Å². The van der Waals surface area contributed by atoms with Gasteiger partial charge >= 0.3 is 0 Å². The molecule has 2 aromatic rings. The fourth-order valence-corrected chi connectivity index (χ4v) is 2.82. The van der Waals surface area contributed by atoms with E-state index in [-0.39, 0.29) is 0 Å². The minimum absolute atomic E-state index is 0.460. The van der Waals surface area contributed by atoms with Crippen molar-refractivity contribution in [3.63, 3.8) is 0 Å². The molecule has 0 aromatic carbocycles. The molecule has 3 N–H and O–H groups in total. The molecule has 0 spiro atoms. The minimum atomic E-state index is 0.460. The molecule has 0 saturated carbocycles. The summed E-state index contributed by atoms with van der Waals surface area (Å²) in [4.78, 5) is 14.0. The number of hydrogen-bond acceptors (Lipinski definition) is 6. The van der Waals surface area contributed by atoms with Crippen molar-refractivity contribution in [2.75, 3.05) is 11.1 Å². The average molecular weight is 233 g/mol. The highest BCUT2D eigenvalue weighted by molar-refractivity contribution is 7.15. The molecule has 0 radical (unpaired) electrons. The molecule has 1 aliphatic rings. The van der Waals surface area contributed by atoms with Crippen molar-refractivity contribution >= 4 is 28.2 Å². The molecule has 0 bridgehead atoms. The Hall–Kier alpha value is -1.69. The van der Waals surface area contributed by atoms with Gasteiger partial charge in [-0.25, -0.2) is 9.97 Å². The highest BCUT2D eigenvalue weighted by atomic mass is 32.1. The van der Waals surface area contributed by atoms with Crippen LogP contribution in [-0.2, 0) is 12.8 Å². The Morgan fingerprint density at radius 3 is 3.06 bits per heavy atom. The molecule has 16 heavy (non-hydrogen) atoms. The van der Waals surface area contributed by atoms with Crippen LogP contribution in [0.1, 0.15) is 17.0 Å². The molecular weight excluding hydrogens is 222 g/mol. The van der Waals surface area contributed by atoms with E-state index in [2.05, 4.69) is 20.3 Å². The lowest BCUT2D eigenvalue weighted by atomic mass is 10.4. The van der Waals surface area contributed by atoms with E-state index in [1.165, 1.54) is 17.0 Å². The zero-order chi connectivity index (χ0) is 11.0. The summed E-state index contributed by atoms with van der Waals surface area (Å²) in [6.07, 6.45) is 5.09. The quantitative estimate of drug-likeness (QED) is 0.826. The molecule has 0 atom stereocenters. The van der Waals surface area contributed by atoms with Gasteiger partial charge in [0.15, 0.2) is 5.13 Å². The first-order valence-electron chi connectivity index (χ1n) is 5.15. The summed E-state index contributed by atoms with van der Waals surface area (Å²) in [5.74, 6) is 0.967. The first-order valence-corrected chi connectivity index (χ1v) is 5.97. The molecule has 5 nitrogen and oxygen atoms in total. The van der Waals surface area contributed by atoms with E-state index in [1.54, 1.807) is 23.6 Å². The molecule has 0 aliphatic heterocycles. The van der Waals surface area contributed by atoms with E-state index in [9.17, 15) is 0 Å². The van der Waals surface area contributed by atoms with Gasteiger partial charge in [0, 0.05) is 11.1 Å². The topological polar surface area (TPSA) is 76.7 Å². The van der Waals surface area contributed by atoms with Crippen molar-refractivity contribution in [3.8, 4) is 0 Å². The van der Waals surface area contributed by atoms with Gasteiger partial charge in [0.05, 0.1) is 5.69 Å². The smallest absolute Gasteiger partial charge is 0.230 e. The van der Waals surface area contributed by atoms with Crippen molar-refractivity contribution in [3.05, 3.63) is 22.8 Å². The number of rotatable bonds is 2. The number of hydrogen-bond donors (Lipinski definition) is 2. The van der Waals surface area contributed by atoms with Crippen molar-refractivity contribution in [1.29, 1.82) is 0 Å². The summed E-state index contributed by atoms with van der Waals surface area (Å²) in [5, 5.41) is 3.94. The average Bonchev–Trinajstić information content (AvgIpc) is 2.77. The summed E-state index contributed by atoms with van der Waals surface area (Å²) in [6.45, 7) is 0. The van der Waals surface area contributed by atoms with Crippen LogP contribution in [0.3, 0.4) is 0 Å². The van der Waals surface area contributed by atoms with Crippen LogP contribution in [0, 0.1) is 0 Å². The van der Waals surface area contributed by atoms with Crippen LogP contribution in [0.25, 0.3) is 0 Å². The van der Waals surface area contributed by atoms with Crippen molar-refractivity contribution in [1.82, 2.24) is 15.0 Å². The third-order valence-corrected chi connectivity index (χ3v) is 3.56. The second-order valence-electron chi connectivity index (χ2n) is 3.67. The third kappa shape index (κ3) is 1.71. The number of nitrogen functional groups attached to an aromatic ring is 1. The predicted molar refractivity (Wildman–Crippen MR) is 63.9 cm³/mol. The van der Waals surface area contributed by atoms with E-state index in [0.29, 0.717) is 11.8 Å². The second kappa shape index (κ2) is 3.71. The molecule has 6 heteroatoms. The van der Waals surface area contributed by atoms with Crippen LogP contribution in [0.2, 0.25) is 0 Å². The number of fused-ring (bicyclic) bond motifs is 1. The number of thiazole rings is 1. The van der Waals surface area contributed by atoms with E-state index < -0.39 is 0 Å².